The number of carbonyl (C=O) groups excluding carboxylic acids is 1. The van der Waals surface area contributed by atoms with Crippen molar-refractivity contribution in [3.63, 3.8) is 0 Å². The SMILES string of the molecule is O=C(NCc1cc2n(n1)CCNC2)c1csc(-c2ccccc2)n1. The Balaban J connectivity index is 1.41. The van der Waals surface area contributed by atoms with E-state index in [9.17, 15) is 4.79 Å². The van der Waals surface area contributed by atoms with Crippen LogP contribution in [-0.2, 0) is 19.6 Å². The minimum atomic E-state index is -0.169. The van der Waals surface area contributed by atoms with Gasteiger partial charge in [-0.3, -0.25) is 9.48 Å². The molecular formula is C17H17N5OS. The second kappa shape index (κ2) is 6.54. The van der Waals surface area contributed by atoms with E-state index in [-0.39, 0.29) is 5.91 Å². The van der Waals surface area contributed by atoms with Crippen LogP contribution in [-0.4, -0.2) is 27.2 Å². The van der Waals surface area contributed by atoms with Gasteiger partial charge in [-0.05, 0) is 6.07 Å². The lowest BCUT2D eigenvalue weighted by molar-refractivity contribution is 0.0946. The zero-order valence-electron chi connectivity index (χ0n) is 13.0. The van der Waals surface area contributed by atoms with Crippen molar-refractivity contribution in [2.45, 2.75) is 19.6 Å². The van der Waals surface area contributed by atoms with Gasteiger partial charge in [0.1, 0.15) is 10.7 Å². The molecule has 0 aliphatic carbocycles. The number of hydrogen-bond donors (Lipinski definition) is 2. The van der Waals surface area contributed by atoms with Crippen LogP contribution in [0.15, 0.2) is 41.8 Å². The smallest absolute Gasteiger partial charge is 0.271 e. The van der Waals surface area contributed by atoms with Gasteiger partial charge in [-0.15, -0.1) is 11.3 Å². The average molecular weight is 339 g/mol. The largest absolute Gasteiger partial charge is 0.345 e. The molecule has 1 aliphatic heterocycles. The Kier molecular flexibility index (Phi) is 4.10. The maximum absolute atomic E-state index is 12.3. The molecule has 4 rings (SSSR count). The van der Waals surface area contributed by atoms with Gasteiger partial charge in [-0.25, -0.2) is 4.98 Å². The molecule has 0 saturated carbocycles. The molecule has 2 aromatic heterocycles. The fourth-order valence-corrected chi connectivity index (χ4v) is 3.50. The standard InChI is InChI=1S/C17H17N5OS/c23-16(15-11-24-17(20-15)12-4-2-1-3-5-12)19-9-13-8-14-10-18-6-7-22(14)21-13/h1-5,8,11,18H,6-7,9-10H2,(H,19,23). The van der Waals surface area contributed by atoms with E-state index in [1.165, 1.54) is 11.3 Å². The monoisotopic (exact) mass is 339 g/mol. The predicted molar refractivity (Wildman–Crippen MR) is 92.7 cm³/mol. The number of amides is 1. The molecule has 1 aliphatic rings. The maximum atomic E-state index is 12.3. The first-order valence-electron chi connectivity index (χ1n) is 7.85. The van der Waals surface area contributed by atoms with E-state index in [1.54, 1.807) is 5.38 Å². The normalized spacial score (nSPS) is 13.5. The van der Waals surface area contributed by atoms with Crippen molar-refractivity contribution in [2.24, 2.45) is 0 Å². The zero-order chi connectivity index (χ0) is 16.4. The van der Waals surface area contributed by atoms with Gasteiger partial charge in [0.2, 0.25) is 0 Å². The van der Waals surface area contributed by atoms with E-state index in [0.29, 0.717) is 12.2 Å². The summed E-state index contributed by atoms with van der Waals surface area (Å²) in [6, 6.07) is 11.9. The van der Waals surface area contributed by atoms with Crippen LogP contribution in [0.4, 0.5) is 0 Å². The molecule has 0 radical (unpaired) electrons. The number of rotatable bonds is 4. The summed E-state index contributed by atoms with van der Waals surface area (Å²) in [6.07, 6.45) is 0. The maximum Gasteiger partial charge on any atom is 0.271 e. The Morgan fingerprint density at radius 3 is 3.04 bits per heavy atom. The lowest BCUT2D eigenvalue weighted by atomic mass is 10.2. The van der Waals surface area contributed by atoms with Crippen molar-refractivity contribution in [2.75, 3.05) is 6.54 Å². The minimum absolute atomic E-state index is 0.169. The third-order valence-electron chi connectivity index (χ3n) is 3.91. The number of nitrogens with zero attached hydrogens (tertiary/aromatic N) is 3. The highest BCUT2D eigenvalue weighted by Gasteiger charge is 2.14. The van der Waals surface area contributed by atoms with Crippen LogP contribution >= 0.6 is 11.3 Å². The first-order valence-corrected chi connectivity index (χ1v) is 8.73. The van der Waals surface area contributed by atoms with Gasteiger partial charge in [-0.1, -0.05) is 30.3 Å². The minimum Gasteiger partial charge on any atom is -0.345 e. The summed E-state index contributed by atoms with van der Waals surface area (Å²) in [6.45, 7) is 3.04. The van der Waals surface area contributed by atoms with E-state index in [4.69, 9.17) is 0 Å². The Morgan fingerprint density at radius 2 is 2.21 bits per heavy atom. The van der Waals surface area contributed by atoms with Gasteiger partial charge in [0.05, 0.1) is 24.5 Å². The first kappa shape index (κ1) is 15.0. The van der Waals surface area contributed by atoms with Crippen molar-refractivity contribution >= 4 is 17.2 Å². The number of carbonyl (C=O) groups is 1. The average Bonchev–Trinajstić information content (AvgIpc) is 3.27. The van der Waals surface area contributed by atoms with Crippen molar-refractivity contribution in [1.82, 2.24) is 25.4 Å². The molecule has 0 unspecified atom stereocenters. The van der Waals surface area contributed by atoms with Gasteiger partial charge in [0.15, 0.2) is 0 Å². The molecule has 1 amide bonds. The van der Waals surface area contributed by atoms with Crippen LogP contribution < -0.4 is 10.6 Å². The van der Waals surface area contributed by atoms with Gasteiger partial charge in [0, 0.05) is 24.0 Å². The highest BCUT2D eigenvalue weighted by molar-refractivity contribution is 7.13. The van der Waals surface area contributed by atoms with Crippen molar-refractivity contribution in [3.05, 3.63) is 58.9 Å². The van der Waals surface area contributed by atoms with Crippen LogP contribution in [0.2, 0.25) is 0 Å². The van der Waals surface area contributed by atoms with Crippen molar-refractivity contribution in [1.29, 1.82) is 0 Å². The second-order valence-corrected chi connectivity index (χ2v) is 6.47. The van der Waals surface area contributed by atoms with Gasteiger partial charge in [-0.2, -0.15) is 5.10 Å². The third kappa shape index (κ3) is 3.08. The quantitative estimate of drug-likeness (QED) is 0.763. The van der Waals surface area contributed by atoms with E-state index < -0.39 is 0 Å². The number of aromatic nitrogens is 3. The summed E-state index contributed by atoms with van der Waals surface area (Å²) in [5, 5.41) is 13.4. The van der Waals surface area contributed by atoms with E-state index in [2.05, 4.69) is 20.7 Å². The number of thiazole rings is 1. The molecule has 3 aromatic rings. The van der Waals surface area contributed by atoms with Gasteiger partial charge < -0.3 is 10.6 Å². The summed E-state index contributed by atoms with van der Waals surface area (Å²) in [5.74, 6) is -0.169. The molecule has 2 N–H and O–H groups in total. The molecule has 7 heteroatoms. The predicted octanol–water partition coefficient (Wildman–Crippen LogP) is 2.04. The fourth-order valence-electron chi connectivity index (χ4n) is 2.69. The molecule has 0 fully saturated rings. The van der Waals surface area contributed by atoms with Crippen molar-refractivity contribution in [3.8, 4) is 10.6 Å². The van der Waals surface area contributed by atoms with E-state index in [0.717, 1.165) is 41.6 Å². The summed E-state index contributed by atoms with van der Waals surface area (Å²) in [5.41, 5.74) is 3.51. The molecule has 0 saturated heterocycles. The summed E-state index contributed by atoms with van der Waals surface area (Å²) in [7, 11) is 0. The summed E-state index contributed by atoms with van der Waals surface area (Å²) < 4.78 is 1.99. The Hall–Kier alpha value is -2.51. The Bertz CT molecular complexity index is 832. The molecule has 0 atom stereocenters. The van der Waals surface area contributed by atoms with Crippen LogP contribution in [0.25, 0.3) is 10.6 Å². The lowest BCUT2D eigenvalue weighted by Crippen LogP contribution is -2.28. The third-order valence-corrected chi connectivity index (χ3v) is 4.80. The molecule has 0 bridgehead atoms. The molecular weight excluding hydrogens is 322 g/mol. The van der Waals surface area contributed by atoms with Gasteiger partial charge >= 0.3 is 0 Å². The Morgan fingerprint density at radius 1 is 1.33 bits per heavy atom. The highest BCUT2D eigenvalue weighted by atomic mass is 32.1. The first-order chi connectivity index (χ1) is 11.8. The zero-order valence-corrected chi connectivity index (χ0v) is 13.8. The molecule has 0 spiro atoms. The van der Waals surface area contributed by atoms with Crippen LogP contribution in [0, 0.1) is 0 Å². The Labute approximate surface area is 143 Å². The number of nitrogens with one attached hydrogen (secondary N) is 2. The molecule has 1 aromatic carbocycles. The number of hydrogen-bond acceptors (Lipinski definition) is 5. The van der Waals surface area contributed by atoms with E-state index >= 15 is 0 Å². The molecule has 3 heterocycles. The highest BCUT2D eigenvalue weighted by Crippen LogP contribution is 2.23. The van der Waals surface area contributed by atoms with E-state index in [1.807, 2.05) is 41.1 Å². The van der Waals surface area contributed by atoms with Crippen LogP contribution in [0.5, 0.6) is 0 Å². The summed E-state index contributed by atoms with van der Waals surface area (Å²) >= 11 is 1.47. The fraction of sp³-hybridized carbons (Fsp3) is 0.235. The molecule has 6 nitrogen and oxygen atoms in total. The summed E-state index contributed by atoms with van der Waals surface area (Å²) in [4.78, 5) is 16.7. The molecule has 24 heavy (non-hydrogen) atoms. The molecule has 122 valence electrons. The lowest BCUT2D eigenvalue weighted by Gasteiger charge is -2.13. The second-order valence-electron chi connectivity index (χ2n) is 5.61. The number of benzene rings is 1. The topological polar surface area (TPSA) is 71.8 Å². The number of fused-ring (bicyclic) bond motifs is 1. The van der Waals surface area contributed by atoms with Crippen LogP contribution in [0.3, 0.4) is 0 Å². The van der Waals surface area contributed by atoms with Crippen LogP contribution in [0.1, 0.15) is 21.9 Å². The van der Waals surface area contributed by atoms with Crippen molar-refractivity contribution < 1.29 is 4.79 Å². The van der Waals surface area contributed by atoms with Gasteiger partial charge in [0.25, 0.3) is 5.91 Å².